The number of aromatic nitrogens is 2. The molecule has 0 radical (unpaired) electrons. The highest BCUT2D eigenvalue weighted by molar-refractivity contribution is 6.32. The number of benzene rings is 2. The molecule has 0 saturated heterocycles. The molecule has 1 aromatic heterocycles. The Morgan fingerprint density at radius 3 is 2.60 bits per heavy atom. The van der Waals surface area contributed by atoms with Crippen molar-refractivity contribution in [2.75, 3.05) is 5.73 Å². The molecule has 3 rings (SSSR count). The van der Waals surface area contributed by atoms with Gasteiger partial charge in [-0.05, 0) is 49.7 Å². The van der Waals surface area contributed by atoms with Gasteiger partial charge >= 0.3 is 5.76 Å². The Morgan fingerprint density at radius 2 is 1.96 bits per heavy atom. The zero-order chi connectivity index (χ0) is 18.0. The van der Waals surface area contributed by atoms with E-state index >= 15 is 0 Å². The van der Waals surface area contributed by atoms with E-state index in [-0.39, 0.29) is 12.0 Å². The molecule has 0 saturated carbocycles. The Morgan fingerprint density at radius 1 is 1.24 bits per heavy atom. The smallest absolute Gasteiger partial charge is 0.437 e. The summed E-state index contributed by atoms with van der Waals surface area (Å²) in [5.41, 5.74) is 7.83. The van der Waals surface area contributed by atoms with Crippen LogP contribution in [-0.2, 0) is 6.54 Å². The van der Waals surface area contributed by atoms with Gasteiger partial charge in [0.25, 0.3) is 0 Å². The maximum absolute atomic E-state index is 12.0. The molecule has 0 aliphatic rings. The van der Waals surface area contributed by atoms with Crippen molar-refractivity contribution in [3.63, 3.8) is 0 Å². The fourth-order valence-electron chi connectivity index (χ4n) is 2.30. The van der Waals surface area contributed by atoms with Crippen molar-refractivity contribution in [2.24, 2.45) is 0 Å². The van der Waals surface area contributed by atoms with Gasteiger partial charge in [-0.1, -0.05) is 23.7 Å². The molecule has 7 heteroatoms. The number of nitrogen functional groups attached to an aromatic ring is 1. The fourth-order valence-corrected chi connectivity index (χ4v) is 2.53. The highest BCUT2D eigenvalue weighted by atomic mass is 35.5. The Kier molecular flexibility index (Phi) is 4.81. The van der Waals surface area contributed by atoms with Gasteiger partial charge in [-0.15, -0.1) is 5.10 Å². The lowest BCUT2D eigenvalue weighted by atomic mass is 10.2. The zero-order valence-electron chi connectivity index (χ0n) is 13.9. The second kappa shape index (κ2) is 7.03. The van der Waals surface area contributed by atoms with Crippen LogP contribution in [-0.4, -0.2) is 15.9 Å². The van der Waals surface area contributed by atoms with Gasteiger partial charge in [-0.25, -0.2) is 4.79 Å². The van der Waals surface area contributed by atoms with Crippen molar-refractivity contribution in [2.45, 2.75) is 26.5 Å². The molecule has 0 aliphatic carbocycles. The minimum Gasteiger partial charge on any atom is -0.489 e. The SMILES string of the molecule is CC(C)Oc1ccc(-c2nn(Cc3ccc(N)cc3)c(=O)o2)cc1Cl. The third-order valence-corrected chi connectivity index (χ3v) is 3.76. The second-order valence-electron chi connectivity index (χ2n) is 5.88. The van der Waals surface area contributed by atoms with Gasteiger partial charge < -0.3 is 14.9 Å². The first-order valence-electron chi connectivity index (χ1n) is 7.81. The lowest BCUT2D eigenvalue weighted by Crippen LogP contribution is -2.16. The Balaban J connectivity index is 1.85. The van der Waals surface area contributed by atoms with Gasteiger partial charge in [0.2, 0.25) is 5.89 Å². The first-order valence-corrected chi connectivity index (χ1v) is 8.19. The first kappa shape index (κ1) is 17.1. The van der Waals surface area contributed by atoms with Gasteiger partial charge in [0.15, 0.2) is 0 Å². The highest BCUT2D eigenvalue weighted by Gasteiger charge is 2.13. The van der Waals surface area contributed by atoms with Gasteiger partial charge in [0.1, 0.15) is 5.75 Å². The van der Waals surface area contributed by atoms with Crippen LogP contribution in [0.3, 0.4) is 0 Å². The van der Waals surface area contributed by atoms with Crippen molar-refractivity contribution in [1.29, 1.82) is 0 Å². The van der Waals surface area contributed by atoms with E-state index in [2.05, 4.69) is 5.10 Å². The average molecular weight is 360 g/mol. The summed E-state index contributed by atoms with van der Waals surface area (Å²) in [6.07, 6.45) is 0.0143. The fraction of sp³-hybridized carbons (Fsp3) is 0.222. The molecule has 6 nitrogen and oxygen atoms in total. The van der Waals surface area contributed by atoms with E-state index in [4.69, 9.17) is 26.5 Å². The van der Waals surface area contributed by atoms with Crippen molar-refractivity contribution in [3.8, 4) is 17.2 Å². The molecule has 0 fully saturated rings. The minimum atomic E-state index is -0.537. The Hall–Kier alpha value is -2.73. The molecule has 0 amide bonds. The Labute approximate surface area is 149 Å². The first-order chi connectivity index (χ1) is 11.9. The molecule has 130 valence electrons. The van der Waals surface area contributed by atoms with Crippen LogP contribution in [0.5, 0.6) is 5.75 Å². The lowest BCUT2D eigenvalue weighted by Gasteiger charge is -2.11. The summed E-state index contributed by atoms with van der Waals surface area (Å²) < 4.78 is 12.1. The number of hydrogen-bond donors (Lipinski definition) is 1. The van der Waals surface area contributed by atoms with E-state index in [1.807, 2.05) is 26.0 Å². The predicted molar refractivity (Wildman–Crippen MR) is 96.9 cm³/mol. The largest absolute Gasteiger partial charge is 0.489 e. The molecule has 2 aromatic carbocycles. The van der Waals surface area contributed by atoms with Crippen LogP contribution in [0.2, 0.25) is 5.02 Å². The van der Waals surface area contributed by atoms with Crippen LogP contribution in [0.25, 0.3) is 11.5 Å². The second-order valence-corrected chi connectivity index (χ2v) is 6.29. The number of halogens is 1. The van der Waals surface area contributed by atoms with Crippen LogP contribution < -0.4 is 16.2 Å². The van der Waals surface area contributed by atoms with Crippen LogP contribution in [0.4, 0.5) is 5.69 Å². The molecule has 0 aliphatic heterocycles. The lowest BCUT2D eigenvalue weighted by molar-refractivity contribution is 0.242. The Bertz CT molecular complexity index is 929. The molecular weight excluding hydrogens is 342 g/mol. The van der Waals surface area contributed by atoms with E-state index in [1.165, 1.54) is 4.68 Å². The summed E-state index contributed by atoms with van der Waals surface area (Å²) >= 11 is 6.22. The monoisotopic (exact) mass is 359 g/mol. The van der Waals surface area contributed by atoms with Crippen molar-refractivity contribution < 1.29 is 9.15 Å². The quantitative estimate of drug-likeness (QED) is 0.704. The third kappa shape index (κ3) is 4.03. The van der Waals surface area contributed by atoms with E-state index in [0.29, 0.717) is 28.6 Å². The standard InChI is InChI=1S/C18H18ClN3O3/c1-11(2)24-16-8-5-13(9-15(16)19)17-21-22(18(23)25-17)10-12-3-6-14(20)7-4-12/h3-9,11H,10,20H2,1-2H3. The number of ether oxygens (including phenoxy) is 1. The average Bonchev–Trinajstić information content (AvgIpc) is 2.92. The molecule has 0 spiro atoms. The van der Waals surface area contributed by atoms with Gasteiger partial charge in [0, 0.05) is 11.3 Å². The van der Waals surface area contributed by atoms with Crippen molar-refractivity contribution in [3.05, 3.63) is 63.6 Å². The summed E-state index contributed by atoms with van der Waals surface area (Å²) in [4.78, 5) is 12.0. The van der Waals surface area contributed by atoms with Crippen LogP contribution in [0.1, 0.15) is 19.4 Å². The van der Waals surface area contributed by atoms with Gasteiger partial charge in [0.05, 0.1) is 17.7 Å². The third-order valence-electron chi connectivity index (χ3n) is 3.46. The number of rotatable bonds is 5. The summed E-state index contributed by atoms with van der Waals surface area (Å²) in [5, 5.41) is 4.67. The van der Waals surface area contributed by atoms with Crippen LogP contribution in [0.15, 0.2) is 51.7 Å². The maximum atomic E-state index is 12.0. The summed E-state index contributed by atoms with van der Waals surface area (Å²) in [7, 11) is 0. The molecule has 0 atom stereocenters. The van der Waals surface area contributed by atoms with E-state index in [9.17, 15) is 4.79 Å². The molecule has 25 heavy (non-hydrogen) atoms. The number of nitrogens with zero attached hydrogens (tertiary/aromatic N) is 2. The van der Waals surface area contributed by atoms with Crippen molar-refractivity contribution >= 4 is 17.3 Å². The molecule has 1 heterocycles. The molecule has 0 unspecified atom stereocenters. The summed E-state index contributed by atoms with van der Waals surface area (Å²) in [5.74, 6) is 0.243. The molecular formula is C18H18ClN3O3. The normalized spacial score (nSPS) is 11.0. The van der Waals surface area contributed by atoms with Crippen LogP contribution >= 0.6 is 11.6 Å². The van der Waals surface area contributed by atoms with Gasteiger partial charge in [-0.3, -0.25) is 0 Å². The zero-order valence-corrected chi connectivity index (χ0v) is 14.7. The summed E-state index contributed by atoms with van der Waals surface area (Å²) in [6, 6.07) is 12.4. The number of anilines is 1. The minimum absolute atomic E-state index is 0.0143. The van der Waals surface area contributed by atoms with E-state index in [0.717, 1.165) is 5.56 Å². The topological polar surface area (TPSA) is 83.3 Å². The van der Waals surface area contributed by atoms with Crippen LogP contribution in [0, 0.1) is 0 Å². The molecule has 2 N–H and O–H groups in total. The van der Waals surface area contributed by atoms with E-state index < -0.39 is 5.76 Å². The number of nitrogens with two attached hydrogens (primary N) is 1. The number of hydrogen-bond acceptors (Lipinski definition) is 5. The van der Waals surface area contributed by atoms with Gasteiger partial charge in [-0.2, -0.15) is 4.68 Å². The molecule has 0 bridgehead atoms. The summed E-state index contributed by atoms with van der Waals surface area (Å²) in [6.45, 7) is 4.13. The van der Waals surface area contributed by atoms with E-state index in [1.54, 1.807) is 30.3 Å². The highest BCUT2D eigenvalue weighted by Crippen LogP contribution is 2.30. The molecule has 3 aromatic rings. The van der Waals surface area contributed by atoms with Crippen molar-refractivity contribution in [1.82, 2.24) is 9.78 Å². The maximum Gasteiger partial charge on any atom is 0.437 e. The predicted octanol–water partition coefficient (Wildman–Crippen LogP) is 3.57.